The average Bonchev–Trinajstić information content (AvgIpc) is 2.92. The number of hydrogen-bond donors (Lipinski definition) is 1. The van der Waals surface area contributed by atoms with Gasteiger partial charge in [0, 0.05) is 12.5 Å². The van der Waals surface area contributed by atoms with Crippen LogP contribution in [0.2, 0.25) is 0 Å². The number of carbonyl (C=O) groups is 2. The van der Waals surface area contributed by atoms with E-state index in [1.54, 1.807) is 6.92 Å². The second kappa shape index (κ2) is 5.96. The maximum atomic E-state index is 11.9. The molecule has 0 saturated heterocycles. The van der Waals surface area contributed by atoms with E-state index < -0.39 is 15.7 Å². The van der Waals surface area contributed by atoms with E-state index in [-0.39, 0.29) is 18.6 Å². The van der Waals surface area contributed by atoms with E-state index in [2.05, 4.69) is 19.2 Å². The molecular weight excluding hydrogens is 313 g/mol. The topological polar surface area (TPSA) is 55.4 Å². The number of amides is 1. The molecule has 6 heteroatoms. The Morgan fingerprint density at radius 1 is 1.29 bits per heavy atom. The van der Waals surface area contributed by atoms with Crippen molar-refractivity contribution in [2.45, 2.75) is 56.8 Å². The Balaban J connectivity index is 1.77. The van der Waals surface area contributed by atoms with E-state index in [0.717, 1.165) is 12.8 Å². The summed E-state index contributed by atoms with van der Waals surface area (Å²) in [7, 11) is 0. The molecule has 2 aliphatic carbocycles. The molecule has 120 valence electrons. The van der Waals surface area contributed by atoms with E-state index in [9.17, 15) is 9.59 Å². The summed E-state index contributed by atoms with van der Waals surface area (Å²) in [4.78, 5) is 23.8. The maximum absolute atomic E-state index is 11.9. The summed E-state index contributed by atoms with van der Waals surface area (Å²) in [6.45, 7) is 5.74. The summed E-state index contributed by atoms with van der Waals surface area (Å²) in [5.41, 5.74) is -0.886. The zero-order valence-corrected chi connectivity index (χ0v) is 14.3. The predicted molar refractivity (Wildman–Crippen MR) is 82.2 cm³/mol. The minimum atomic E-state index is -1.06. The molecule has 0 spiro atoms. The van der Waals surface area contributed by atoms with E-state index in [0.29, 0.717) is 18.3 Å². The van der Waals surface area contributed by atoms with E-state index in [1.165, 1.54) is 6.42 Å². The van der Waals surface area contributed by atoms with Crippen molar-refractivity contribution in [3.05, 3.63) is 0 Å². The van der Waals surface area contributed by atoms with Crippen LogP contribution >= 0.6 is 23.2 Å². The number of esters is 1. The minimum absolute atomic E-state index is 0.164. The Bertz CT molecular complexity index is 441. The van der Waals surface area contributed by atoms with Crippen LogP contribution in [0.1, 0.15) is 46.5 Å². The van der Waals surface area contributed by atoms with Crippen LogP contribution in [0.3, 0.4) is 0 Å². The molecule has 0 heterocycles. The molecule has 0 bridgehead atoms. The summed E-state index contributed by atoms with van der Waals surface area (Å²) in [5.74, 6) is 0.281. The van der Waals surface area contributed by atoms with Gasteiger partial charge in [-0.05, 0) is 25.2 Å². The highest BCUT2D eigenvalue weighted by atomic mass is 35.5. The predicted octanol–water partition coefficient (Wildman–Crippen LogP) is 3.05. The summed E-state index contributed by atoms with van der Waals surface area (Å²) in [6.07, 6.45) is 3.67. The first-order valence-corrected chi connectivity index (χ1v) is 8.27. The molecule has 0 aromatic rings. The van der Waals surface area contributed by atoms with Crippen molar-refractivity contribution in [3.63, 3.8) is 0 Å². The quantitative estimate of drug-likeness (QED) is 0.634. The van der Waals surface area contributed by atoms with Gasteiger partial charge in [-0.1, -0.05) is 26.7 Å². The first kappa shape index (κ1) is 16.9. The van der Waals surface area contributed by atoms with Crippen LogP contribution in [-0.2, 0) is 14.3 Å². The number of halogens is 2. The van der Waals surface area contributed by atoms with Crippen molar-refractivity contribution < 1.29 is 14.3 Å². The Morgan fingerprint density at radius 2 is 1.90 bits per heavy atom. The van der Waals surface area contributed by atoms with Gasteiger partial charge in [-0.15, -0.1) is 23.2 Å². The van der Waals surface area contributed by atoms with Crippen LogP contribution in [0.25, 0.3) is 0 Å². The molecule has 1 N–H and O–H groups in total. The van der Waals surface area contributed by atoms with Crippen molar-refractivity contribution >= 4 is 35.1 Å². The molecule has 0 aromatic carbocycles. The van der Waals surface area contributed by atoms with Crippen molar-refractivity contribution in [1.82, 2.24) is 5.32 Å². The Kier molecular flexibility index (Phi) is 4.79. The van der Waals surface area contributed by atoms with E-state index in [4.69, 9.17) is 27.9 Å². The van der Waals surface area contributed by atoms with Crippen LogP contribution < -0.4 is 5.32 Å². The van der Waals surface area contributed by atoms with Gasteiger partial charge in [0.25, 0.3) is 5.91 Å². The van der Waals surface area contributed by atoms with Crippen LogP contribution in [-0.4, -0.2) is 28.9 Å². The van der Waals surface area contributed by atoms with Gasteiger partial charge in [-0.25, -0.2) is 0 Å². The van der Waals surface area contributed by atoms with Gasteiger partial charge in [-0.2, -0.15) is 0 Å². The Morgan fingerprint density at radius 3 is 2.48 bits per heavy atom. The first-order valence-electron chi connectivity index (χ1n) is 7.52. The number of nitrogens with one attached hydrogen (secondary N) is 1. The molecule has 4 unspecified atom stereocenters. The summed E-state index contributed by atoms with van der Waals surface area (Å²) in [6, 6.07) is 0.164. The third-order valence-electron chi connectivity index (χ3n) is 5.10. The molecule has 0 radical (unpaired) electrons. The summed E-state index contributed by atoms with van der Waals surface area (Å²) >= 11 is 11.8. The Hall–Kier alpha value is -0.480. The fraction of sp³-hybridized carbons (Fsp3) is 0.867. The summed E-state index contributed by atoms with van der Waals surface area (Å²) in [5, 5.41) is 2.96. The van der Waals surface area contributed by atoms with Gasteiger partial charge < -0.3 is 10.1 Å². The molecule has 1 amide bonds. The lowest BCUT2D eigenvalue weighted by Crippen LogP contribution is -2.45. The van der Waals surface area contributed by atoms with Crippen LogP contribution in [0, 0.1) is 17.3 Å². The summed E-state index contributed by atoms with van der Waals surface area (Å²) < 4.78 is 3.99. The highest BCUT2D eigenvalue weighted by Crippen LogP contribution is 2.64. The number of ether oxygens (including phenoxy) is 1. The third-order valence-corrected chi connectivity index (χ3v) is 6.20. The molecule has 0 aliphatic heterocycles. The zero-order valence-electron chi connectivity index (χ0n) is 12.7. The van der Waals surface area contributed by atoms with Crippen LogP contribution in [0.15, 0.2) is 0 Å². The largest absolute Gasteiger partial charge is 0.455 e. The van der Waals surface area contributed by atoms with Gasteiger partial charge in [0.15, 0.2) is 6.61 Å². The first-order chi connectivity index (χ1) is 9.67. The number of alkyl halides is 2. The molecule has 4 atom stereocenters. The standard InChI is InChI=1S/C15H23Cl2NO3/c1-9-5-4-6-11(10(9)2)18-12(19)7-21-13(20)14(3)8-15(14,16)17/h9-11H,4-8H2,1-3H3,(H,18,19). The van der Waals surface area contributed by atoms with E-state index in [1.807, 2.05) is 0 Å². The maximum Gasteiger partial charge on any atom is 0.315 e. The molecule has 2 aliphatic rings. The number of hydrogen-bond acceptors (Lipinski definition) is 3. The zero-order chi connectivity index (χ0) is 15.8. The molecular formula is C15H23Cl2NO3. The lowest BCUT2D eigenvalue weighted by Gasteiger charge is -2.34. The number of carbonyl (C=O) groups excluding carboxylic acids is 2. The average molecular weight is 336 g/mol. The molecule has 4 nitrogen and oxygen atoms in total. The van der Waals surface area contributed by atoms with E-state index >= 15 is 0 Å². The highest BCUT2D eigenvalue weighted by Gasteiger charge is 2.69. The lowest BCUT2D eigenvalue weighted by atomic mass is 9.78. The van der Waals surface area contributed by atoms with Gasteiger partial charge in [0.1, 0.15) is 9.75 Å². The third kappa shape index (κ3) is 3.48. The monoisotopic (exact) mass is 335 g/mol. The normalized spacial score (nSPS) is 37.7. The highest BCUT2D eigenvalue weighted by molar-refractivity contribution is 6.53. The smallest absolute Gasteiger partial charge is 0.315 e. The fourth-order valence-electron chi connectivity index (χ4n) is 2.95. The fourth-order valence-corrected chi connectivity index (χ4v) is 3.63. The van der Waals surface area contributed by atoms with Crippen molar-refractivity contribution in [2.24, 2.45) is 17.3 Å². The van der Waals surface area contributed by atoms with Gasteiger partial charge in [0.2, 0.25) is 0 Å². The van der Waals surface area contributed by atoms with Gasteiger partial charge >= 0.3 is 5.97 Å². The molecule has 2 rings (SSSR count). The minimum Gasteiger partial charge on any atom is -0.455 e. The van der Waals surface area contributed by atoms with Crippen molar-refractivity contribution in [1.29, 1.82) is 0 Å². The van der Waals surface area contributed by atoms with Gasteiger partial charge in [0.05, 0.1) is 0 Å². The van der Waals surface area contributed by atoms with Crippen molar-refractivity contribution in [2.75, 3.05) is 6.61 Å². The van der Waals surface area contributed by atoms with Crippen LogP contribution in [0.5, 0.6) is 0 Å². The second-order valence-corrected chi connectivity index (χ2v) is 8.21. The molecule has 2 fully saturated rings. The Labute approximate surface area is 135 Å². The molecule has 21 heavy (non-hydrogen) atoms. The molecule has 0 aromatic heterocycles. The molecule has 2 saturated carbocycles. The SMILES string of the molecule is CC1CCCC(NC(=O)COC(=O)C2(C)CC2(Cl)Cl)C1C. The van der Waals surface area contributed by atoms with Gasteiger partial charge in [-0.3, -0.25) is 9.59 Å². The van der Waals surface area contributed by atoms with Crippen LogP contribution in [0.4, 0.5) is 0 Å². The second-order valence-electron chi connectivity index (χ2n) is 6.73. The lowest BCUT2D eigenvalue weighted by molar-refractivity contribution is -0.153. The van der Waals surface area contributed by atoms with Crippen molar-refractivity contribution in [3.8, 4) is 0 Å². The number of rotatable bonds is 4.